The van der Waals surface area contributed by atoms with Gasteiger partial charge in [0.1, 0.15) is 5.75 Å². The number of carbonyl (C=O) groups excluding carboxylic acids is 1. The van der Waals surface area contributed by atoms with Gasteiger partial charge >= 0.3 is 0 Å². The lowest BCUT2D eigenvalue weighted by atomic mass is 10.1. The lowest BCUT2D eigenvalue weighted by Gasteiger charge is -2.15. The van der Waals surface area contributed by atoms with Crippen LogP contribution in [0.5, 0.6) is 5.75 Å². The van der Waals surface area contributed by atoms with Crippen molar-refractivity contribution in [2.45, 2.75) is 32.1 Å². The number of carbonyl (C=O) groups is 1. The molecule has 0 unspecified atom stereocenters. The summed E-state index contributed by atoms with van der Waals surface area (Å²) in [4.78, 5) is 13.8. The van der Waals surface area contributed by atoms with Gasteiger partial charge in [-0.05, 0) is 60.9 Å². The van der Waals surface area contributed by atoms with Gasteiger partial charge in [-0.1, -0.05) is 13.8 Å². The Hall–Kier alpha value is -2.54. The average molecular weight is 388 g/mol. The zero-order valence-electron chi connectivity index (χ0n) is 15.7. The van der Waals surface area contributed by atoms with Crippen molar-refractivity contribution in [3.63, 3.8) is 0 Å². The molecule has 144 valence electrons. The highest BCUT2D eigenvalue weighted by atomic mass is 32.2. The molecule has 1 aliphatic rings. The predicted molar refractivity (Wildman–Crippen MR) is 106 cm³/mol. The Morgan fingerprint density at radius 3 is 2.48 bits per heavy atom. The van der Waals surface area contributed by atoms with Crippen molar-refractivity contribution in [2.24, 2.45) is 5.92 Å². The molecule has 0 radical (unpaired) electrons. The van der Waals surface area contributed by atoms with Gasteiger partial charge in [-0.25, -0.2) is 8.42 Å². The van der Waals surface area contributed by atoms with Crippen LogP contribution in [0.15, 0.2) is 47.4 Å². The maximum Gasteiger partial charge on any atom is 0.261 e. The van der Waals surface area contributed by atoms with E-state index >= 15 is 0 Å². The maximum atomic E-state index is 12.6. The molecule has 0 saturated heterocycles. The molecule has 6 nitrogen and oxygen atoms in total. The molecule has 2 aromatic carbocycles. The fraction of sp³-hybridized carbons (Fsp3) is 0.350. The zero-order valence-corrected chi connectivity index (χ0v) is 16.5. The average Bonchev–Trinajstić information content (AvgIpc) is 2.94. The van der Waals surface area contributed by atoms with Gasteiger partial charge in [0.05, 0.1) is 17.9 Å². The molecular formula is C20H24N2O4S. The van der Waals surface area contributed by atoms with Crippen LogP contribution >= 0.6 is 0 Å². The number of hydrogen-bond acceptors (Lipinski definition) is 4. The minimum Gasteiger partial charge on any atom is -0.493 e. The molecule has 0 fully saturated rings. The molecule has 1 aliphatic heterocycles. The Bertz CT molecular complexity index is 937. The van der Waals surface area contributed by atoms with E-state index in [1.807, 2.05) is 20.8 Å². The van der Waals surface area contributed by atoms with E-state index in [-0.39, 0.29) is 10.8 Å². The first-order valence-electron chi connectivity index (χ1n) is 8.99. The molecule has 0 aliphatic carbocycles. The Morgan fingerprint density at radius 2 is 1.85 bits per heavy atom. The third kappa shape index (κ3) is 4.24. The second-order valence-corrected chi connectivity index (χ2v) is 8.62. The summed E-state index contributed by atoms with van der Waals surface area (Å²) in [6, 6.07) is 11.5. The van der Waals surface area contributed by atoms with E-state index in [1.165, 1.54) is 12.1 Å². The van der Waals surface area contributed by atoms with Gasteiger partial charge in [-0.3, -0.25) is 9.52 Å². The fourth-order valence-corrected chi connectivity index (χ4v) is 4.03. The highest BCUT2D eigenvalue weighted by Gasteiger charge is 2.26. The first-order valence-corrected chi connectivity index (χ1v) is 10.5. The Morgan fingerprint density at radius 1 is 1.15 bits per heavy atom. The van der Waals surface area contributed by atoms with Crippen molar-refractivity contribution in [3.8, 4) is 5.75 Å². The van der Waals surface area contributed by atoms with E-state index in [1.54, 1.807) is 35.2 Å². The summed E-state index contributed by atoms with van der Waals surface area (Å²) in [5.74, 6) is 1.06. The highest BCUT2D eigenvalue weighted by molar-refractivity contribution is 7.92. The van der Waals surface area contributed by atoms with Gasteiger partial charge in [-0.2, -0.15) is 0 Å². The number of rotatable bonds is 7. The molecule has 1 heterocycles. The van der Waals surface area contributed by atoms with Crippen molar-refractivity contribution in [1.82, 2.24) is 0 Å². The molecule has 2 aromatic rings. The van der Waals surface area contributed by atoms with Gasteiger partial charge < -0.3 is 9.64 Å². The summed E-state index contributed by atoms with van der Waals surface area (Å²) in [5.41, 5.74) is 2.12. The molecule has 7 heteroatoms. The second kappa shape index (κ2) is 7.60. The van der Waals surface area contributed by atoms with E-state index in [0.717, 1.165) is 11.3 Å². The van der Waals surface area contributed by atoms with Crippen molar-refractivity contribution < 1.29 is 17.9 Å². The van der Waals surface area contributed by atoms with Crippen LogP contribution in [0, 0.1) is 5.92 Å². The summed E-state index contributed by atoms with van der Waals surface area (Å²) in [6.07, 6.45) is 0.292. The largest absolute Gasteiger partial charge is 0.493 e. The normalized spacial score (nSPS) is 13.8. The molecular weight excluding hydrogens is 364 g/mol. The van der Waals surface area contributed by atoms with Crippen LogP contribution < -0.4 is 14.4 Å². The van der Waals surface area contributed by atoms with Crippen molar-refractivity contribution in [3.05, 3.63) is 48.0 Å². The summed E-state index contributed by atoms with van der Waals surface area (Å²) in [5, 5.41) is 0. The van der Waals surface area contributed by atoms with Crippen LogP contribution in [0.2, 0.25) is 0 Å². The number of ether oxygens (including phenoxy) is 1. The molecule has 0 spiro atoms. The van der Waals surface area contributed by atoms with Crippen molar-refractivity contribution in [1.29, 1.82) is 0 Å². The lowest BCUT2D eigenvalue weighted by molar-refractivity contribution is -0.117. The second-order valence-electron chi connectivity index (χ2n) is 6.94. The quantitative estimate of drug-likeness (QED) is 0.788. The lowest BCUT2D eigenvalue weighted by Crippen LogP contribution is -2.25. The standard InChI is InChI=1S/C20H24N2O4S/c1-4-22-19-10-5-16(11-15(19)12-20(22)23)21-27(24,25)18-8-6-17(7-9-18)26-13-14(2)3/h5-11,14,21H,4,12-13H2,1-3H3. The number of amides is 1. The van der Waals surface area contributed by atoms with E-state index in [0.29, 0.717) is 36.9 Å². The first-order chi connectivity index (χ1) is 12.8. The monoisotopic (exact) mass is 388 g/mol. The molecule has 1 amide bonds. The Balaban J connectivity index is 1.75. The van der Waals surface area contributed by atoms with Gasteiger partial charge in [0.25, 0.3) is 10.0 Å². The molecule has 0 atom stereocenters. The van der Waals surface area contributed by atoms with Gasteiger partial charge in [0, 0.05) is 17.9 Å². The number of likely N-dealkylation sites (N-methyl/N-ethyl adjacent to an activating group) is 1. The fourth-order valence-electron chi connectivity index (χ4n) is 2.99. The highest BCUT2D eigenvalue weighted by Crippen LogP contribution is 2.31. The molecule has 1 N–H and O–H groups in total. The number of nitrogens with zero attached hydrogens (tertiary/aromatic N) is 1. The van der Waals surface area contributed by atoms with Gasteiger partial charge in [-0.15, -0.1) is 0 Å². The SMILES string of the molecule is CCN1C(=O)Cc2cc(NS(=O)(=O)c3ccc(OCC(C)C)cc3)ccc21. The Labute approximate surface area is 160 Å². The summed E-state index contributed by atoms with van der Waals surface area (Å²) >= 11 is 0. The van der Waals surface area contributed by atoms with Crippen molar-refractivity contribution in [2.75, 3.05) is 22.8 Å². The number of fused-ring (bicyclic) bond motifs is 1. The third-order valence-electron chi connectivity index (χ3n) is 4.30. The van der Waals surface area contributed by atoms with Crippen LogP contribution in [0.1, 0.15) is 26.3 Å². The minimum atomic E-state index is -3.72. The third-order valence-corrected chi connectivity index (χ3v) is 5.70. The van der Waals surface area contributed by atoms with Crippen LogP contribution in [-0.4, -0.2) is 27.5 Å². The molecule has 0 bridgehead atoms. The number of sulfonamides is 1. The molecule has 0 aromatic heterocycles. The zero-order chi connectivity index (χ0) is 19.6. The van der Waals surface area contributed by atoms with E-state index in [2.05, 4.69) is 4.72 Å². The molecule has 0 saturated carbocycles. The summed E-state index contributed by atoms with van der Waals surface area (Å²) < 4.78 is 33.4. The van der Waals surface area contributed by atoms with E-state index < -0.39 is 10.0 Å². The predicted octanol–water partition coefficient (Wildman–Crippen LogP) is 3.43. The number of benzene rings is 2. The number of anilines is 2. The van der Waals surface area contributed by atoms with Gasteiger partial charge in [0.15, 0.2) is 0 Å². The van der Waals surface area contributed by atoms with Crippen LogP contribution in [0.3, 0.4) is 0 Å². The first kappa shape index (κ1) is 19.2. The number of hydrogen-bond donors (Lipinski definition) is 1. The van der Waals surface area contributed by atoms with Gasteiger partial charge in [0.2, 0.25) is 5.91 Å². The molecule has 3 rings (SSSR count). The van der Waals surface area contributed by atoms with E-state index in [9.17, 15) is 13.2 Å². The maximum absolute atomic E-state index is 12.6. The van der Waals surface area contributed by atoms with Crippen LogP contribution in [-0.2, 0) is 21.2 Å². The van der Waals surface area contributed by atoms with Crippen LogP contribution in [0.25, 0.3) is 0 Å². The van der Waals surface area contributed by atoms with E-state index in [4.69, 9.17) is 4.74 Å². The number of nitrogens with one attached hydrogen (secondary N) is 1. The smallest absolute Gasteiger partial charge is 0.261 e. The Kier molecular flexibility index (Phi) is 5.41. The molecule has 27 heavy (non-hydrogen) atoms. The summed E-state index contributed by atoms with van der Waals surface area (Å²) in [7, 11) is -3.72. The topological polar surface area (TPSA) is 75.7 Å². The minimum absolute atomic E-state index is 0.0319. The van der Waals surface area contributed by atoms with Crippen LogP contribution in [0.4, 0.5) is 11.4 Å². The summed E-state index contributed by atoms with van der Waals surface area (Å²) in [6.45, 7) is 7.19. The van der Waals surface area contributed by atoms with Crippen molar-refractivity contribution >= 4 is 27.3 Å².